The van der Waals surface area contributed by atoms with Crippen molar-refractivity contribution in [2.75, 3.05) is 13.2 Å². The first-order chi connectivity index (χ1) is 10.5. The predicted octanol–water partition coefficient (Wildman–Crippen LogP) is 3.17. The van der Waals surface area contributed by atoms with Gasteiger partial charge in [-0.1, -0.05) is 37.3 Å². The lowest BCUT2D eigenvalue weighted by Gasteiger charge is -2.13. The van der Waals surface area contributed by atoms with Crippen LogP contribution in [0.15, 0.2) is 59.5 Å². The Bertz CT molecular complexity index is 682. The lowest BCUT2D eigenvalue weighted by atomic mass is 10.0. The Labute approximate surface area is 132 Å². The molecular weight excluding hydrogens is 298 g/mol. The van der Waals surface area contributed by atoms with Crippen molar-refractivity contribution < 1.29 is 13.2 Å². The van der Waals surface area contributed by atoms with Crippen molar-refractivity contribution in [1.29, 1.82) is 0 Å². The first-order valence-corrected chi connectivity index (χ1v) is 8.78. The summed E-state index contributed by atoms with van der Waals surface area (Å²) in [6.45, 7) is 4.80. The Morgan fingerprint density at radius 3 is 2.27 bits per heavy atom. The first-order valence-electron chi connectivity index (χ1n) is 7.30. The Kier molecular flexibility index (Phi) is 5.57. The van der Waals surface area contributed by atoms with Crippen molar-refractivity contribution in [2.24, 2.45) is 0 Å². The molecule has 2 rings (SSSR count). The topological polar surface area (TPSA) is 55.4 Å². The van der Waals surface area contributed by atoms with E-state index >= 15 is 0 Å². The van der Waals surface area contributed by atoms with Crippen LogP contribution in [0.1, 0.15) is 25.3 Å². The zero-order valence-electron chi connectivity index (χ0n) is 12.8. The number of hydrogen-bond acceptors (Lipinski definition) is 3. The van der Waals surface area contributed by atoms with Gasteiger partial charge in [-0.15, -0.1) is 0 Å². The van der Waals surface area contributed by atoms with Crippen LogP contribution in [0, 0.1) is 0 Å². The predicted molar refractivity (Wildman–Crippen MR) is 87.7 cm³/mol. The van der Waals surface area contributed by atoms with Crippen LogP contribution in [0.25, 0.3) is 0 Å². The van der Waals surface area contributed by atoms with E-state index in [1.54, 1.807) is 24.3 Å². The first kappa shape index (κ1) is 16.5. The molecule has 0 aromatic heterocycles. The van der Waals surface area contributed by atoms with Crippen LogP contribution < -0.4 is 9.46 Å². The van der Waals surface area contributed by atoms with Crippen molar-refractivity contribution in [3.05, 3.63) is 60.2 Å². The van der Waals surface area contributed by atoms with Crippen molar-refractivity contribution in [3.63, 3.8) is 0 Å². The molecule has 1 N–H and O–H groups in total. The summed E-state index contributed by atoms with van der Waals surface area (Å²) >= 11 is 0. The summed E-state index contributed by atoms with van der Waals surface area (Å²) in [6.07, 6.45) is 0. The largest absolute Gasteiger partial charge is 0.494 e. The average Bonchev–Trinajstić information content (AvgIpc) is 2.54. The van der Waals surface area contributed by atoms with Gasteiger partial charge in [0.15, 0.2) is 0 Å². The van der Waals surface area contributed by atoms with Gasteiger partial charge >= 0.3 is 0 Å². The maximum absolute atomic E-state index is 12.3. The van der Waals surface area contributed by atoms with Crippen molar-refractivity contribution in [3.8, 4) is 5.75 Å². The van der Waals surface area contributed by atoms with E-state index < -0.39 is 10.0 Å². The van der Waals surface area contributed by atoms with E-state index in [-0.39, 0.29) is 10.8 Å². The van der Waals surface area contributed by atoms with Gasteiger partial charge in [-0.2, -0.15) is 0 Å². The van der Waals surface area contributed by atoms with Crippen molar-refractivity contribution in [2.45, 2.75) is 24.7 Å². The third kappa shape index (κ3) is 4.32. The normalized spacial score (nSPS) is 12.8. The molecule has 0 saturated heterocycles. The number of ether oxygens (including phenoxy) is 1. The molecule has 0 heterocycles. The van der Waals surface area contributed by atoms with E-state index in [1.807, 2.05) is 44.2 Å². The van der Waals surface area contributed by atoms with E-state index in [0.717, 1.165) is 5.56 Å². The van der Waals surface area contributed by atoms with Crippen LogP contribution in [-0.2, 0) is 10.0 Å². The highest BCUT2D eigenvalue weighted by atomic mass is 32.2. The van der Waals surface area contributed by atoms with Gasteiger partial charge in [0.2, 0.25) is 10.0 Å². The molecule has 0 spiro atoms. The third-order valence-electron chi connectivity index (χ3n) is 3.39. The van der Waals surface area contributed by atoms with Gasteiger partial charge in [-0.25, -0.2) is 13.1 Å². The van der Waals surface area contributed by atoms with E-state index in [2.05, 4.69) is 4.72 Å². The molecule has 118 valence electrons. The minimum absolute atomic E-state index is 0.110. The lowest BCUT2D eigenvalue weighted by molar-refractivity contribution is 0.340. The fraction of sp³-hybridized carbons (Fsp3) is 0.294. The van der Waals surface area contributed by atoms with Gasteiger partial charge in [0.1, 0.15) is 5.75 Å². The Hall–Kier alpha value is -1.85. The van der Waals surface area contributed by atoms with Crippen LogP contribution in [0.3, 0.4) is 0 Å². The van der Waals surface area contributed by atoms with Crippen molar-refractivity contribution in [1.82, 2.24) is 4.72 Å². The fourth-order valence-corrected chi connectivity index (χ4v) is 3.23. The molecule has 0 aliphatic rings. The number of rotatable bonds is 7. The summed E-state index contributed by atoms with van der Waals surface area (Å²) in [5.74, 6) is 0.776. The van der Waals surface area contributed by atoms with Gasteiger partial charge in [-0.3, -0.25) is 0 Å². The number of hydrogen-bond donors (Lipinski definition) is 1. The second-order valence-corrected chi connectivity index (χ2v) is 6.84. The van der Waals surface area contributed by atoms with Gasteiger partial charge in [-0.05, 0) is 42.7 Å². The molecule has 4 nitrogen and oxygen atoms in total. The zero-order valence-corrected chi connectivity index (χ0v) is 13.6. The second kappa shape index (κ2) is 7.42. The van der Waals surface area contributed by atoms with Crippen LogP contribution >= 0.6 is 0 Å². The molecule has 0 amide bonds. The average molecular weight is 319 g/mol. The molecule has 22 heavy (non-hydrogen) atoms. The highest BCUT2D eigenvalue weighted by molar-refractivity contribution is 7.89. The Morgan fingerprint density at radius 2 is 1.68 bits per heavy atom. The van der Waals surface area contributed by atoms with E-state index in [1.165, 1.54) is 0 Å². The number of sulfonamides is 1. The zero-order chi connectivity index (χ0) is 16.0. The van der Waals surface area contributed by atoms with Gasteiger partial charge in [0.25, 0.3) is 0 Å². The maximum Gasteiger partial charge on any atom is 0.240 e. The fourth-order valence-electron chi connectivity index (χ4n) is 2.10. The molecule has 0 aliphatic carbocycles. The molecule has 2 aromatic carbocycles. The Morgan fingerprint density at radius 1 is 1.05 bits per heavy atom. The van der Waals surface area contributed by atoms with Crippen LogP contribution in [0.4, 0.5) is 0 Å². The SMILES string of the molecule is CCOc1ccc(S(=O)(=O)NC[C@H](C)c2ccccc2)cc1. The summed E-state index contributed by atoms with van der Waals surface area (Å²) < 4.78 is 32.5. The van der Waals surface area contributed by atoms with Crippen LogP contribution in [0.5, 0.6) is 5.75 Å². The van der Waals surface area contributed by atoms with Gasteiger partial charge in [0, 0.05) is 6.54 Å². The molecule has 5 heteroatoms. The van der Waals surface area contributed by atoms with Crippen LogP contribution in [-0.4, -0.2) is 21.6 Å². The molecule has 0 saturated carbocycles. The summed E-state index contributed by atoms with van der Waals surface area (Å²) in [6, 6.07) is 16.3. The summed E-state index contributed by atoms with van der Waals surface area (Å²) in [5, 5.41) is 0. The quantitative estimate of drug-likeness (QED) is 0.853. The standard InChI is InChI=1S/C17H21NO3S/c1-3-21-16-9-11-17(12-10-16)22(19,20)18-13-14(2)15-7-5-4-6-8-15/h4-12,14,18H,3,13H2,1-2H3/t14-/m0/s1. The monoisotopic (exact) mass is 319 g/mol. The smallest absolute Gasteiger partial charge is 0.240 e. The third-order valence-corrected chi connectivity index (χ3v) is 4.83. The minimum Gasteiger partial charge on any atom is -0.494 e. The molecule has 0 radical (unpaired) electrons. The molecule has 0 fully saturated rings. The lowest BCUT2D eigenvalue weighted by Crippen LogP contribution is -2.27. The summed E-state index contributed by atoms with van der Waals surface area (Å²) in [5.41, 5.74) is 1.11. The highest BCUT2D eigenvalue weighted by Crippen LogP contribution is 2.17. The van der Waals surface area contributed by atoms with Crippen molar-refractivity contribution >= 4 is 10.0 Å². The molecular formula is C17H21NO3S. The molecule has 0 aliphatic heterocycles. The molecule has 2 aromatic rings. The summed E-state index contributed by atoms with van der Waals surface area (Å²) in [7, 11) is -3.50. The minimum atomic E-state index is -3.50. The molecule has 0 bridgehead atoms. The Balaban J connectivity index is 2.01. The number of benzene rings is 2. The van der Waals surface area contributed by atoms with Crippen LogP contribution in [0.2, 0.25) is 0 Å². The number of nitrogens with one attached hydrogen (secondary N) is 1. The van der Waals surface area contributed by atoms with Gasteiger partial charge in [0.05, 0.1) is 11.5 Å². The maximum atomic E-state index is 12.3. The summed E-state index contributed by atoms with van der Waals surface area (Å²) in [4.78, 5) is 0.246. The van der Waals surface area contributed by atoms with Gasteiger partial charge < -0.3 is 4.74 Å². The van der Waals surface area contributed by atoms with E-state index in [4.69, 9.17) is 4.74 Å². The highest BCUT2D eigenvalue weighted by Gasteiger charge is 2.15. The van der Waals surface area contributed by atoms with E-state index in [0.29, 0.717) is 18.9 Å². The van der Waals surface area contributed by atoms with E-state index in [9.17, 15) is 8.42 Å². The molecule has 1 atom stereocenters. The second-order valence-electron chi connectivity index (χ2n) is 5.07. The molecule has 0 unspecified atom stereocenters.